The number of carboxylic acids is 1. The Labute approximate surface area is 175 Å². The van der Waals surface area contributed by atoms with Gasteiger partial charge in [0.1, 0.15) is 17.9 Å². The summed E-state index contributed by atoms with van der Waals surface area (Å²) in [5.74, 6) is 0.0543. The third-order valence-corrected chi connectivity index (χ3v) is 6.15. The van der Waals surface area contributed by atoms with Gasteiger partial charge in [0.15, 0.2) is 4.88 Å². The molecular weight excluding hydrogens is 408 g/mol. The van der Waals surface area contributed by atoms with E-state index in [-0.39, 0.29) is 4.88 Å². The molecule has 29 heavy (non-hydrogen) atoms. The fourth-order valence-corrected chi connectivity index (χ4v) is 4.54. The summed E-state index contributed by atoms with van der Waals surface area (Å²) < 4.78 is 6.62. The summed E-state index contributed by atoms with van der Waals surface area (Å²) in [5, 5.41) is 12.7. The molecule has 4 aromatic rings. The van der Waals surface area contributed by atoms with Crippen molar-refractivity contribution in [3.05, 3.63) is 52.6 Å². The van der Waals surface area contributed by atoms with Crippen LogP contribution >= 0.6 is 22.7 Å². The van der Waals surface area contributed by atoms with Gasteiger partial charge in [-0.2, -0.15) is 0 Å². The Bertz CT molecular complexity index is 1160. The molecule has 7 nitrogen and oxygen atoms in total. The molecule has 0 bridgehead atoms. The SMILES string of the molecule is CCOc1cc(-c2cc(NCCc3ccc4ncsc4c3)ncn2)sc1C(=O)O. The van der Waals surface area contributed by atoms with Crippen LogP contribution in [-0.2, 0) is 6.42 Å². The van der Waals surface area contributed by atoms with Crippen LogP contribution in [0.25, 0.3) is 20.8 Å². The van der Waals surface area contributed by atoms with E-state index < -0.39 is 5.97 Å². The monoisotopic (exact) mass is 426 g/mol. The van der Waals surface area contributed by atoms with E-state index in [1.165, 1.54) is 16.6 Å². The summed E-state index contributed by atoms with van der Waals surface area (Å²) in [5.41, 5.74) is 4.77. The van der Waals surface area contributed by atoms with Crippen molar-refractivity contribution in [2.45, 2.75) is 13.3 Å². The highest BCUT2D eigenvalue weighted by atomic mass is 32.1. The van der Waals surface area contributed by atoms with E-state index >= 15 is 0 Å². The van der Waals surface area contributed by atoms with E-state index in [9.17, 15) is 9.90 Å². The molecule has 3 heterocycles. The molecular formula is C20H18N4O3S2. The van der Waals surface area contributed by atoms with Gasteiger partial charge in [0.05, 0.1) is 32.9 Å². The second-order valence-electron chi connectivity index (χ2n) is 6.16. The first-order valence-electron chi connectivity index (χ1n) is 9.02. The number of benzene rings is 1. The van der Waals surface area contributed by atoms with Crippen LogP contribution in [0.4, 0.5) is 5.82 Å². The molecule has 0 atom stereocenters. The number of thiazole rings is 1. The average molecular weight is 427 g/mol. The number of anilines is 1. The van der Waals surface area contributed by atoms with E-state index in [1.807, 2.05) is 24.6 Å². The van der Waals surface area contributed by atoms with Crippen LogP contribution in [0, 0.1) is 0 Å². The van der Waals surface area contributed by atoms with Gasteiger partial charge in [-0.15, -0.1) is 22.7 Å². The number of aromatic nitrogens is 3. The number of thiophene rings is 1. The van der Waals surface area contributed by atoms with Crippen LogP contribution in [0.15, 0.2) is 42.2 Å². The molecule has 0 radical (unpaired) electrons. The van der Waals surface area contributed by atoms with Crippen LogP contribution in [0.5, 0.6) is 5.75 Å². The second-order valence-corrected chi connectivity index (χ2v) is 8.10. The molecule has 2 N–H and O–H groups in total. The van der Waals surface area contributed by atoms with Crippen LogP contribution in [0.1, 0.15) is 22.2 Å². The van der Waals surface area contributed by atoms with Gasteiger partial charge in [-0.1, -0.05) is 6.07 Å². The molecule has 0 unspecified atom stereocenters. The van der Waals surface area contributed by atoms with E-state index in [4.69, 9.17) is 4.74 Å². The van der Waals surface area contributed by atoms with Crippen molar-refractivity contribution in [1.82, 2.24) is 15.0 Å². The average Bonchev–Trinajstić information content (AvgIpc) is 3.35. The maximum absolute atomic E-state index is 11.4. The van der Waals surface area contributed by atoms with Gasteiger partial charge in [0.25, 0.3) is 0 Å². The van der Waals surface area contributed by atoms with E-state index in [1.54, 1.807) is 17.4 Å². The first-order valence-corrected chi connectivity index (χ1v) is 10.7. The van der Waals surface area contributed by atoms with E-state index in [0.29, 0.717) is 23.9 Å². The fraction of sp³-hybridized carbons (Fsp3) is 0.200. The number of hydrogen-bond donors (Lipinski definition) is 2. The Morgan fingerprint density at radius 3 is 2.93 bits per heavy atom. The zero-order chi connectivity index (χ0) is 20.2. The number of ether oxygens (including phenoxy) is 1. The second kappa shape index (κ2) is 8.54. The molecule has 0 saturated carbocycles. The lowest BCUT2D eigenvalue weighted by Crippen LogP contribution is -2.06. The standard InChI is InChI=1S/C20H18N4O3S2/c1-2-27-15-9-17(29-19(15)20(25)26)14-8-18(23-10-22-14)21-6-5-12-3-4-13-16(7-12)28-11-24-13/h3-4,7-11H,2,5-6H2,1H3,(H,25,26)(H,21,22,23). The lowest BCUT2D eigenvalue weighted by atomic mass is 10.1. The number of carboxylic acid groups (broad SMARTS) is 1. The molecule has 148 valence electrons. The minimum absolute atomic E-state index is 0.174. The van der Waals surface area contributed by atoms with Crippen LogP contribution in [0.2, 0.25) is 0 Å². The summed E-state index contributed by atoms with van der Waals surface area (Å²) in [7, 11) is 0. The maximum Gasteiger partial charge on any atom is 0.349 e. The van der Waals surface area contributed by atoms with Gasteiger partial charge in [0.2, 0.25) is 0 Å². The van der Waals surface area contributed by atoms with E-state index in [2.05, 4.69) is 32.4 Å². The smallest absolute Gasteiger partial charge is 0.349 e. The highest BCUT2D eigenvalue weighted by molar-refractivity contribution is 7.17. The molecule has 0 aliphatic carbocycles. The summed E-state index contributed by atoms with van der Waals surface area (Å²) in [6.45, 7) is 2.94. The zero-order valence-electron chi connectivity index (χ0n) is 15.6. The Kier molecular flexibility index (Phi) is 5.68. The number of nitrogens with one attached hydrogen (secondary N) is 1. The topological polar surface area (TPSA) is 97.2 Å². The highest BCUT2D eigenvalue weighted by Gasteiger charge is 2.18. The lowest BCUT2D eigenvalue weighted by Gasteiger charge is -2.06. The molecule has 3 aromatic heterocycles. The number of nitrogens with zero attached hydrogens (tertiary/aromatic N) is 3. The molecule has 0 saturated heterocycles. The predicted molar refractivity (Wildman–Crippen MR) is 115 cm³/mol. The molecule has 1 aromatic carbocycles. The lowest BCUT2D eigenvalue weighted by molar-refractivity contribution is 0.0698. The molecule has 0 aliphatic rings. The van der Waals surface area contributed by atoms with Gasteiger partial charge in [-0.05, 0) is 31.0 Å². The minimum atomic E-state index is -1.00. The number of aromatic carboxylic acids is 1. The maximum atomic E-state index is 11.4. The van der Waals surface area contributed by atoms with Crippen molar-refractivity contribution in [2.75, 3.05) is 18.5 Å². The third-order valence-electron chi connectivity index (χ3n) is 4.23. The number of fused-ring (bicyclic) bond motifs is 1. The molecule has 0 spiro atoms. The van der Waals surface area contributed by atoms with Crippen molar-refractivity contribution < 1.29 is 14.6 Å². The van der Waals surface area contributed by atoms with Gasteiger partial charge in [-0.25, -0.2) is 19.7 Å². The Balaban J connectivity index is 1.45. The molecule has 4 rings (SSSR count). The summed E-state index contributed by atoms with van der Waals surface area (Å²) in [6.07, 6.45) is 2.32. The van der Waals surface area contributed by atoms with Crippen molar-refractivity contribution in [1.29, 1.82) is 0 Å². The number of carbonyl (C=O) groups is 1. The molecule has 0 aliphatic heterocycles. The van der Waals surface area contributed by atoms with Crippen LogP contribution < -0.4 is 10.1 Å². The van der Waals surface area contributed by atoms with Gasteiger partial charge in [-0.3, -0.25) is 0 Å². The first-order chi connectivity index (χ1) is 14.1. The Morgan fingerprint density at radius 1 is 1.21 bits per heavy atom. The normalized spacial score (nSPS) is 10.9. The van der Waals surface area contributed by atoms with Crippen molar-refractivity contribution in [3.8, 4) is 16.3 Å². The van der Waals surface area contributed by atoms with Crippen molar-refractivity contribution in [3.63, 3.8) is 0 Å². The molecule has 9 heteroatoms. The van der Waals surface area contributed by atoms with Crippen molar-refractivity contribution >= 4 is 44.7 Å². The largest absolute Gasteiger partial charge is 0.492 e. The quantitative estimate of drug-likeness (QED) is 0.426. The Morgan fingerprint density at radius 2 is 2.10 bits per heavy atom. The number of rotatable bonds is 8. The predicted octanol–water partition coefficient (Wildman–Crippen LogP) is 4.57. The van der Waals surface area contributed by atoms with Crippen LogP contribution in [-0.4, -0.2) is 39.2 Å². The van der Waals surface area contributed by atoms with Gasteiger partial charge >= 0.3 is 5.97 Å². The summed E-state index contributed by atoms with van der Waals surface area (Å²) >= 11 is 2.78. The third kappa shape index (κ3) is 4.36. The van der Waals surface area contributed by atoms with Gasteiger partial charge in [0, 0.05) is 18.7 Å². The highest BCUT2D eigenvalue weighted by Crippen LogP contribution is 2.36. The Hall–Kier alpha value is -3.04. The minimum Gasteiger partial charge on any atom is -0.492 e. The van der Waals surface area contributed by atoms with E-state index in [0.717, 1.165) is 34.7 Å². The molecule has 0 fully saturated rings. The molecule has 0 amide bonds. The van der Waals surface area contributed by atoms with Crippen molar-refractivity contribution in [2.24, 2.45) is 0 Å². The summed E-state index contributed by atoms with van der Waals surface area (Å²) in [6, 6.07) is 9.82. The van der Waals surface area contributed by atoms with Crippen LogP contribution in [0.3, 0.4) is 0 Å². The number of hydrogen-bond acceptors (Lipinski definition) is 8. The van der Waals surface area contributed by atoms with Gasteiger partial charge < -0.3 is 15.2 Å². The first kappa shape index (κ1) is 19.3. The zero-order valence-corrected chi connectivity index (χ0v) is 17.2. The fourth-order valence-electron chi connectivity index (χ4n) is 2.89. The summed E-state index contributed by atoms with van der Waals surface area (Å²) in [4.78, 5) is 25.2.